The van der Waals surface area contributed by atoms with Gasteiger partial charge in [0, 0.05) is 0 Å². The molecule has 24 heavy (non-hydrogen) atoms. The van der Waals surface area contributed by atoms with Crippen molar-refractivity contribution in [2.45, 2.75) is 24.5 Å². The first-order chi connectivity index (χ1) is 11.3. The van der Waals surface area contributed by atoms with Gasteiger partial charge in [0.25, 0.3) is 5.56 Å². The average Bonchev–Trinajstić information content (AvgIpc) is 2.96. The van der Waals surface area contributed by atoms with Gasteiger partial charge in [-0.3, -0.25) is 23.4 Å². The molecular weight excluding hydrogens is 413 g/mol. The molecule has 2 aromatic rings. The Bertz CT molecular complexity index is 930. The number of halogens is 1. The van der Waals surface area contributed by atoms with Gasteiger partial charge < -0.3 is 20.5 Å². The molecule has 2 aliphatic heterocycles. The van der Waals surface area contributed by atoms with Crippen molar-refractivity contribution < 1.29 is 28.3 Å². The number of ether oxygens (including phenoxy) is 1. The van der Waals surface area contributed by atoms with E-state index in [1.54, 1.807) is 0 Å². The molecular formula is C10H11BrN5O7P. The zero-order valence-corrected chi connectivity index (χ0v) is 14.2. The number of nitrogens with two attached hydrogens (primary N) is 1. The summed E-state index contributed by atoms with van der Waals surface area (Å²) >= 11 is 3.18. The molecule has 3 unspecified atom stereocenters. The highest BCUT2D eigenvalue weighted by atomic mass is 79.9. The number of aliphatic hydroxyl groups excluding tert-OH is 1. The zero-order chi connectivity index (χ0) is 17.2. The molecule has 0 bridgehead atoms. The summed E-state index contributed by atoms with van der Waals surface area (Å²) in [7, 11) is -4.24. The van der Waals surface area contributed by atoms with E-state index in [9.17, 15) is 19.4 Å². The van der Waals surface area contributed by atoms with Crippen LogP contribution >= 0.6 is 23.8 Å². The fourth-order valence-electron chi connectivity index (χ4n) is 2.75. The van der Waals surface area contributed by atoms with Gasteiger partial charge >= 0.3 is 7.82 Å². The molecule has 0 spiro atoms. The topological polar surface area (TPSA) is 175 Å². The summed E-state index contributed by atoms with van der Waals surface area (Å²) in [6, 6.07) is 0. The maximum Gasteiger partial charge on any atom is 0.472 e. The lowest BCUT2D eigenvalue weighted by molar-refractivity contribution is -0.0669. The highest BCUT2D eigenvalue weighted by molar-refractivity contribution is 9.10. The SMILES string of the molecule is Nc1nc2c(nc(Br)n2[C@@H]2O[C@@H]3COP(=O)(O)OC3C2O)c(=O)[nH]1. The second-order valence-corrected chi connectivity index (χ2v) is 7.38. The number of hydrogen-bond donors (Lipinski definition) is 4. The molecule has 14 heteroatoms. The highest BCUT2D eigenvalue weighted by Gasteiger charge is 2.53. The molecule has 2 aromatic heterocycles. The van der Waals surface area contributed by atoms with E-state index < -0.39 is 37.9 Å². The number of anilines is 1. The van der Waals surface area contributed by atoms with Crippen molar-refractivity contribution in [2.75, 3.05) is 12.3 Å². The van der Waals surface area contributed by atoms with Crippen molar-refractivity contribution in [2.24, 2.45) is 0 Å². The van der Waals surface area contributed by atoms with Gasteiger partial charge in [0.1, 0.15) is 18.3 Å². The molecule has 130 valence electrons. The summed E-state index contributed by atoms with van der Waals surface area (Å²) in [6.07, 6.45) is -4.25. The minimum atomic E-state index is -4.24. The van der Waals surface area contributed by atoms with Crippen molar-refractivity contribution in [3.8, 4) is 0 Å². The number of aromatic nitrogens is 4. The van der Waals surface area contributed by atoms with E-state index in [1.165, 1.54) is 4.57 Å². The molecule has 0 radical (unpaired) electrons. The summed E-state index contributed by atoms with van der Waals surface area (Å²) in [4.78, 5) is 31.7. The minimum Gasteiger partial charge on any atom is -0.386 e. The Morgan fingerprint density at radius 3 is 2.96 bits per heavy atom. The Balaban J connectivity index is 1.80. The van der Waals surface area contributed by atoms with E-state index in [0.717, 1.165) is 0 Å². The number of phosphoric ester groups is 1. The Labute approximate surface area is 141 Å². The second-order valence-electron chi connectivity index (χ2n) is 5.26. The van der Waals surface area contributed by atoms with Crippen LogP contribution in [0.15, 0.2) is 9.53 Å². The first-order valence-corrected chi connectivity index (χ1v) is 8.98. The second kappa shape index (κ2) is 5.33. The van der Waals surface area contributed by atoms with Crippen LogP contribution in [0.3, 0.4) is 0 Å². The van der Waals surface area contributed by atoms with Crippen LogP contribution in [0.2, 0.25) is 0 Å². The molecule has 0 amide bonds. The summed E-state index contributed by atoms with van der Waals surface area (Å²) < 4.78 is 28.2. The number of nitrogens with zero attached hydrogens (tertiary/aromatic N) is 3. The third kappa shape index (κ3) is 2.40. The van der Waals surface area contributed by atoms with Gasteiger partial charge in [0.15, 0.2) is 22.1 Å². The third-order valence-electron chi connectivity index (χ3n) is 3.75. The molecule has 2 saturated heterocycles. The van der Waals surface area contributed by atoms with Crippen molar-refractivity contribution in [1.82, 2.24) is 19.5 Å². The van der Waals surface area contributed by atoms with Gasteiger partial charge in [-0.25, -0.2) is 9.55 Å². The molecule has 2 aliphatic rings. The van der Waals surface area contributed by atoms with E-state index in [4.69, 9.17) is 15.0 Å². The van der Waals surface area contributed by atoms with Crippen molar-refractivity contribution >= 4 is 40.9 Å². The highest BCUT2D eigenvalue weighted by Crippen LogP contribution is 2.52. The summed E-state index contributed by atoms with van der Waals surface area (Å²) in [6.45, 7) is -0.230. The van der Waals surface area contributed by atoms with E-state index in [0.29, 0.717) is 0 Å². The molecule has 2 fully saturated rings. The van der Waals surface area contributed by atoms with E-state index in [1.807, 2.05) is 0 Å². The van der Waals surface area contributed by atoms with Gasteiger partial charge in [0.05, 0.1) is 6.61 Å². The lowest BCUT2D eigenvalue weighted by Gasteiger charge is -2.27. The Morgan fingerprint density at radius 2 is 2.21 bits per heavy atom. The lowest BCUT2D eigenvalue weighted by atomic mass is 10.1. The number of hydrogen-bond acceptors (Lipinski definition) is 9. The average molecular weight is 424 g/mol. The van der Waals surface area contributed by atoms with E-state index >= 15 is 0 Å². The largest absolute Gasteiger partial charge is 0.472 e. The maximum atomic E-state index is 11.9. The van der Waals surface area contributed by atoms with E-state index in [-0.39, 0.29) is 28.5 Å². The quantitative estimate of drug-likeness (QED) is 0.336. The first kappa shape index (κ1) is 16.1. The minimum absolute atomic E-state index is 0.00764. The van der Waals surface area contributed by atoms with Crippen LogP contribution in [-0.2, 0) is 18.3 Å². The monoisotopic (exact) mass is 423 g/mol. The number of H-pyrrole nitrogens is 1. The molecule has 5 atom stereocenters. The van der Waals surface area contributed by atoms with Gasteiger partial charge in [-0.1, -0.05) is 0 Å². The van der Waals surface area contributed by atoms with Crippen LogP contribution in [0.4, 0.5) is 5.95 Å². The lowest BCUT2D eigenvalue weighted by Crippen LogP contribution is -2.39. The smallest absolute Gasteiger partial charge is 0.386 e. The third-order valence-corrected chi connectivity index (χ3v) is 5.29. The molecule has 0 saturated carbocycles. The van der Waals surface area contributed by atoms with Crippen LogP contribution in [0, 0.1) is 0 Å². The number of aliphatic hydroxyl groups is 1. The maximum absolute atomic E-state index is 11.9. The van der Waals surface area contributed by atoms with Crippen molar-refractivity contribution in [3.05, 3.63) is 15.1 Å². The van der Waals surface area contributed by atoms with Crippen molar-refractivity contribution in [3.63, 3.8) is 0 Å². The predicted octanol–water partition coefficient (Wildman–Crippen LogP) is -0.762. The summed E-state index contributed by atoms with van der Waals surface area (Å²) in [5, 5.41) is 10.5. The fraction of sp³-hybridized carbons (Fsp3) is 0.500. The van der Waals surface area contributed by atoms with Crippen LogP contribution in [0.25, 0.3) is 11.2 Å². The summed E-state index contributed by atoms with van der Waals surface area (Å²) in [5.74, 6) is -0.134. The number of nitrogens with one attached hydrogen (secondary N) is 1. The number of phosphoric acid groups is 1. The molecule has 5 N–H and O–H groups in total. The van der Waals surface area contributed by atoms with Gasteiger partial charge in [-0.05, 0) is 15.9 Å². The molecule has 0 aliphatic carbocycles. The fourth-order valence-corrected chi connectivity index (χ4v) is 4.26. The standard InChI is InChI=1S/C10H11BrN5O7P/c11-9-13-3-6(14-10(12)15-7(3)18)16(9)8-4(17)5-2(22-8)1-21-24(19,20)23-5/h2,4-5,8,17H,1H2,(H,19,20)(H3,12,14,15,18)/t2-,4?,5?,8-/m1/s1. The molecule has 4 heterocycles. The first-order valence-electron chi connectivity index (χ1n) is 6.69. The van der Waals surface area contributed by atoms with Crippen LogP contribution in [-0.4, -0.2) is 54.4 Å². The molecule has 0 aromatic carbocycles. The van der Waals surface area contributed by atoms with Crippen LogP contribution < -0.4 is 11.3 Å². The van der Waals surface area contributed by atoms with Gasteiger partial charge in [-0.2, -0.15) is 4.98 Å². The Kier molecular flexibility index (Phi) is 3.58. The van der Waals surface area contributed by atoms with E-state index in [2.05, 4.69) is 35.4 Å². The molecule has 4 rings (SSSR count). The van der Waals surface area contributed by atoms with Crippen LogP contribution in [0.5, 0.6) is 0 Å². The molecule has 12 nitrogen and oxygen atoms in total. The van der Waals surface area contributed by atoms with Crippen molar-refractivity contribution in [1.29, 1.82) is 0 Å². The normalized spacial score (nSPS) is 36.1. The predicted molar refractivity (Wildman–Crippen MR) is 80.8 cm³/mol. The zero-order valence-electron chi connectivity index (χ0n) is 11.7. The Hall–Kier alpha value is -1.34. The number of nitrogen functional groups attached to an aromatic ring is 1. The number of imidazole rings is 1. The number of rotatable bonds is 1. The van der Waals surface area contributed by atoms with Gasteiger partial charge in [0.2, 0.25) is 5.95 Å². The van der Waals surface area contributed by atoms with Crippen LogP contribution in [0.1, 0.15) is 6.23 Å². The summed E-state index contributed by atoms with van der Waals surface area (Å²) in [5.41, 5.74) is 5.07. The Morgan fingerprint density at radius 1 is 1.46 bits per heavy atom. The number of aromatic amines is 1. The number of fused-ring (bicyclic) bond motifs is 2. The van der Waals surface area contributed by atoms with Gasteiger partial charge in [-0.15, -0.1) is 0 Å².